The number of aromatic nitrogens is 5. The van der Waals surface area contributed by atoms with Gasteiger partial charge >= 0.3 is 0 Å². The molecule has 37 heavy (non-hydrogen) atoms. The summed E-state index contributed by atoms with van der Waals surface area (Å²) >= 11 is -1.77. The highest BCUT2D eigenvalue weighted by molar-refractivity contribution is 7.93. The van der Waals surface area contributed by atoms with Crippen LogP contribution in [0, 0.1) is 0 Å². The summed E-state index contributed by atoms with van der Waals surface area (Å²) in [6.07, 6.45) is 6.29. The van der Waals surface area contributed by atoms with E-state index in [0.29, 0.717) is 34.4 Å². The number of rotatable bonds is 9. The molecule has 4 atom stereocenters. The van der Waals surface area contributed by atoms with Crippen molar-refractivity contribution in [1.29, 1.82) is 0 Å². The van der Waals surface area contributed by atoms with Crippen LogP contribution >= 0.6 is 0 Å². The van der Waals surface area contributed by atoms with Gasteiger partial charge in [0.25, 0.3) is 5.95 Å². The third kappa shape index (κ3) is 4.69. The van der Waals surface area contributed by atoms with Gasteiger partial charge in [0.15, 0.2) is 11.1 Å². The SMILES string of the molecule is COc1cccc(OC)c1-n1c(N[S+]([O-])C(C)C(O)c2cn3ccccc3n2)nnc1C1C=CN(C)N1. The molecule has 13 heteroatoms. The molecule has 194 valence electrons. The molecule has 1 aliphatic rings. The maximum absolute atomic E-state index is 13.4. The predicted molar refractivity (Wildman–Crippen MR) is 139 cm³/mol. The Morgan fingerprint density at radius 3 is 2.54 bits per heavy atom. The monoisotopic (exact) mass is 524 g/mol. The Balaban J connectivity index is 1.49. The summed E-state index contributed by atoms with van der Waals surface area (Å²) in [5.41, 5.74) is 4.92. The van der Waals surface area contributed by atoms with Crippen LogP contribution in [0.25, 0.3) is 11.3 Å². The van der Waals surface area contributed by atoms with E-state index in [1.165, 1.54) is 0 Å². The van der Waals surface area contributed by atoms with Gasteiger partial charge in [0.1, 0.15) is 35.0 Å². The molecule has 0 spiro atoms. The van der Waals surface area contributed by atoms with Crippen molar-refractivity contribution < 1.29 is 19.1 Å². The molecule has 1 aliphatic heterocycles. The number of hydrogen-bond donors (Lipinski definition) is 3. The van der Waals surface area contributed by atoms with Gasteiger partial charge in [0.05, 0.1) is 31.3 Å². The van der Waals surface area contributed by atoms with Gasteiger partial charge in [-0.05, 0) is 37.3 Å². The number of fused-ring (bicyclic) bond motifs is 1. The molecular formula is C24H28N8O4S. The largest absolute Gasteiger partial charge is 0.593 e. The lowest BCUT2D eigenvalue weighted by molar-refractivity contribution is 0.172. The normalized spacial score (nSPS) is 17.7. The minimum absolute atomic E-state index is 0.204. The van der Waals surface area contributed by atoms with Crippen LogP contribution in [0.15, 0.2) is 61.1 Å². The number of imidazole rings is 1. The van der Waals surface area contributed by atoms with E-state index in [4.69, 9.17) is 9.47 Å². The molecule has 3 N–H and O–H groups in total. The van der Waals surface area contributed by atoms with Crippen molar-refractivity contribution in [3.63, 3.8) is 0 Å². The number of para-hydroxylation sites is 1. The number of aliphatic hydroxyl groups is 1. The number of ether oxygens (including phenoxy) is 2. The van der Waals surface area contributed by atoms with Gasteiger partial charge in [0, 0.05) is 25.6 Å². The first-order chi connectivity index (χ1) is 17.9. The van der Waals surface area contributed by atoms with E-state index >= 15 is 0 Å². The van der Waals surface area contributed by atoms with E-state index < -0.39 is 22.7 Å². The molecule has 12 nitrogen and oxygen atoms in total. The Hall–Kier alpha value is -3.78. The summed E-state index contributed by atoms with van der Waals surface area (Å²) in [5, 5.41) is 20.8. The van der Waals surface area contributed by atoms with Crippen LogP contribution in [0.2, 0.25) is 0 Å². The van der Waals surface area contributed by atoms with Crippen LogP contribution in [-0.2, 0) is 11.4 Å². The Bertz CT molecular complexity index is 1370. The fourth-order valence-electron chi connectivity index (χ4n) is 4.14. The number of aliphatic hydroxyl groups excluding tert-OH is 1. The first-order valence-electron chi connectivity index (χ1n) is 11.5. The fraction of sp³-hybridized carbons (Fsp3) is 0.292. The van der Waals surface area contributed by atoms with Gasteiger partial charge in [-0.25, -0.2) is 10.4 Å². The molecular weight excluding hydrogens is 496 g/mol. The first kappa shape index (κ1) is 24.9. The summed E-state index contributed by atoms with van der Waals surface area (Å²) in [4.78, 5) is 4.46. The van der Waals surface area contributed by atoms with E-state index in [0.717, 1.165) is 0 Å². The Kier molecular flexibility index (Phi) is 6.93. The number of pyridine rings is 1. The standard InChI is InChI=1S/C24H28N8O4S/c1-15(22(33)17-14-31-12-6-5-10-20(31)25-17)37(34)29-24-27-26-23(16-11-13-30(2)28-16)32(24)21-18(35-3)8-7-9-19(21)36-4/h5-16,22,28,33H,1-4H3,(H,27,29). The van der Waals surface area contributed by atoms with Gasteiger partial charge in [-0.15, -0.1) is 10.2 Å². The molecule has 5 rings (SSSR count). The number of benzene rings is 1. The molecule has 0 aliphatic carbocycles. The van der Waals surface area contributed by atoms with Crippen LogP contribution in [0.4, 0.5) is 5.95 Å². The quantitative estimate of drug-likeness (QED) is 0.279. The Morgan fingerprint density at radius 1 is 1.14 bits per heavy atom. The number of nitrogens with one attached hydrogen (secondary N) is 2. The summed E-state index contributed by atoms with van der Waals surface area (Å²) < 4.78 is 31.1. The zero-order valence-corrected chi connectivity index (χ0v) is 21.6. The van der Waals surface area contributed by atoms with Crippen LogP contribution in [0.1, 0.15) is 30.6 Å². The molecule has 0 saturated carbocycles. The maximum Gasteiger partial charge on any atom is 0.271 e. The first-order valence-corrected chi connectivity index (χ1v) is 12.8. The van der Waals surface area contributed by atoms with Gasteiger partial charge in [-0.1, -0.05) is 12.1 Å². The average Bonchev–Trinajstić information content (AvgIpc) is 3.65. The smallest absolute Gasteiger partial charge is 0.271 e. The molecule has 0 radical (unpaired) electrons. The van der Waals surface area contributed by atoms with Crippen LogP contribution in [0.5, 0.6) is 11.5 Å². The number of methoxy groups -OCH3 is 2. The molecule has 1 aromatic carbocycles. The van der Waals surface area contributed by atoms with E-state index in [-0.39, 0.29) is 12.0 Å². The van der Waals surface area contributed by atoms with Crippen molar-refractivity contribution in [3.05, 3.63) is 72.6 Å². The van der Waals surface area contributed by atoms with Crippen LogP contribution in [-0.4, -0.2) is 65.3 Å². The van der Waals surface area contributed by atoms with E-state index in [1.807, 2.05) is 54.8 Å². The van der Waals surface area contributed by atoms with Crippen LogP contribution in [0.3, 0.4) is 0 Å². The minimum atomic E-state index is -1.77. The summed E-state index contributed by atoms with van der Waals surface area (Å²) in [6.45, 7) is 1.68. The number of hydrogen-bond acceptors (Lipinski definition) is 10. The third-order valence-corrected chi connectivity index (χ3v) is 7.41. The van der Waals surface area contributed by atoms with E-state index in [1.54, 1.807) is 48.4 Å². The minimum Gasteiger partial charge on any atom is -0.593 e. The second-order valence-corrected chi connectivity index (χ2v) is 10.0. The summed E-state index contributed by atoms with van der Waals surface area (Å²) in [6, 6.07) is 10.7. The van der Waals surface area contributed by atoms with Crippen molar-refractivity contribution in [2.75, 3.05) is 26.0 Å². The molecule has 4 heterocycles. The van der Waals surface area contributed by atoms with Gasteiger partial charge in [0.2, 0.25) is 0 Å². The molecule has 0 amide bonds. The fourth-order valence-corrected chi connectivity index (χ4v) is 5.01. The van der Waals surface area contributed by atoms with Crippen molar-refractivity contribution in [3.8, 4) is 17.2 Å². The van der Waals surface area contributed by atoms with Crippen molar-refractivity contribution >= 4 is 23.0 Å². The molecule has 0 saturated heterocycles. The second-order valence-electron chi connectivity index (χ2n) is 8.47. The highest BCUT2D eigenvalue weighted by Gasteiger charge is 2.34. The predicted octanol–water partition coefficient (Wildman–Crippen LogP) is 2.13. The second kappa shape index (κ2) is 10.3. The number of anilines is 1. The lowest BCUT2D eigenvalue weighted by Gasteiger charge is -2.23. The van der Waals surface area contributed by atoms with Gasteiger partial charge < -0.3 is 28.5 Å². The Labute approximate surface area is 216 Å². The molecule has 0 fully saturated rings. The molecule has 4 aromatic rings. The topological polar surface area (TPSA) is 137 Å². The van der Waals surface area contributed by atoms with E-state index in [2.05, 4.69) is 25.3 Å². The van der Waals surface area contributed by atoms with Crippen molar-refractivity contribution in [1.82, 2.24) is 34.6 Å². The number of nitrogens with zero attached hydrogens (tertiary/aromatic N) is 6. The molecule has 3 aromatic heterocycles. The van der Waals surface area contributed by atoms with Gasteiger partial charge in [-0.3, -0.25) is 4.57 Å². The summed E-state index contributed by atoms with van der Waals surface area (Å²) in [5.74, 6) is 1.76. The summed E-state index contributed by atoms with van der Waals surface area (Å²) in [7, 11) is 4.99. The third-order valence-electron chi connectivity index (χ3n) is 6.10. The van der Waals surface area contributed by atoms with E-state index in [9.17, 15) is 9.66 Å². The Morgan fingerprint density at radius 2 is 1.89 bits per heavy atom. The van der Waals surface area contributed by atoms with Crippen LogP contribution < -0.4 is 19.6 Å². The van der Waals surface area contributed by atoms with Crippen molar-refractivity contribution in [2.45, 2.75) is 24.3 Å². The maximum atomic E-state index is 13.4. The van der Waals surface area contributed by atoms with Gasteiger partial charge in [-0.2, -0.15) is 4.72 Å². The van der Waals surface area contributed by atoms with Crippen molar-refractivity contribution in [2.24, 2.45) is 0 Å². The zero-order valence-electron chi connectivity index (χ0n) is 20.8. The highest BCUT2D eigenvalue weighted by atomic mass is 32.2. The molecule has 4 unspecified atom stereocenters. The number of hydrazine groups is 1. The highest BCUT2D eigenvalue weighted by Crippen LogP contribution is 2.37. The molecule has 0 bridgehead atoms. The average molecular weight is 525 g/mol. The zero-order chi connectivity index (χ0) is 26.1. The lowest BCUT2D eigenvalue weighted by atomic mass is 10.2. The lowest BCUT2D eigenvalue weighted by Crippen LogP contribution is -2.32.